The molecule has 1 aliphatic heterocycles. The molecule has 31 heavy (non-hydrogen) atoms. The maximum atomic E-state index is 12.7. The molecule has 0 fully saturated rings. The third kappa shape index (κ3) is 5.19. The highest BCUT2D eigenvalue weighted by Crippen LogP contribution is 2.33. The molecule has 0 radical (unpaired) electrons. The number of aromatic nitrogens is 1. The van der Waals surface area contributed by atoms with E-state index in [-0.39, 0.29) is 24.1 Å². The van der Waals surface area contributed by atoms with Gasteiger partial charge in [0.1, 0.15) is 0 Å². The molecule has 2 heterocycles. The number of fused-ring (bicyclic) bond motifs is 1. The van der Waals surface area contributed by atoms with Crippen molar-refractivity contribution in [2.45, 2.75) is 20.3 Å². The molecule has 9 heteroatoms. The Balaban J connectivity index is 1.61. The largest absolute Gasteiger partial charge is 0.358 e. The van der Waals surface area contributed by atoms with Gasteiger partial charge in [0.25, 0.3) is 11.8 Å². The van der Waals surface area contributed by atoms with E-state index < -0.39 is 0 Å². The van der Waals surface area contributed by atoms with Crippen LogP contribution in [0.2, 0.25) is 0 Å². The third-order valence-corrected chi connectivity index (χ3v) is 5.03. The first-order valence-corrected chi connectivity index (χ1v) is 10.0. The number of para-hydroxylation sites is 1. The van der Waals surface area contributed by atoms with Crippen molar-refractivity contribution in [2.75, 3.05) is 32.1 Å². The Morgan fingerprint density at radius 3 is 2.68 bits per heavy atom. The molecule has 1 aromatic carbocycles. The average Bonchev–Trinajstić information content (AvgIpc) is 3.20. The van der Waals surface area contributed by atoms with Gasteiger partial charge in [-0.25, -0.2) is 5.48 Å². The predicted octanol–water partition coefficient (Wildman–Crippen LogP) is 1.51. The maximum absolute atomic E-state index is 12.7. The van der Waals surface area contributed by atoms with Crippen LogP contribution in [0.25, 0.3) is 11.6 Å². The fourth-order valence-electron chi connectivity index (χ4n) is 3.53. The fourth-order valence-corrected chi connectivity index (χ4v) is 3.53. The zero-order valence-electron chi connectivity index (χ0n) is 17.8. The monoisotopic (exact) mass is 425 g/mol. The first kappa shape index (κ1) is 22.3. The number of amides is 3. The molecule has 0 aliphatic carbocycles. The van der Waals surface area contributed by atoms with Crippen molar-refractivity contribution >= 4 is 35.1 Å². The van der Waals surface area contributed by atoms with Gasteiger partial charge in [0.2, 0.25) is 5.91 Å². The van der Waals surface area contributed by atoms with Gasteiger partial charge in [0.15, 0.2) is 0 Å². The highest BCUT2D eigenvalue weighted by molar-refractivity contribution is 6.34. The Bertz CT molecular complexity index is 1020. The quantitative estimate of drug-likeness (QED) is 0.237. The van der Waals surface area contributed by atoms with E-state index in [1.54, 1.807) is 6.08 Å². The summed E-state index contributed by atoms with van der Waals surface area (Å²) in [6, 6.07) is 7.51. The summed E-state index contributed by atoms with van der Waals surface area (Å²) in [5.41, 5.74) is 7.24. The van der Waals surface area contributed by atoms with Gasteiger partial charge in [-0.05, 0) is 31.6 Å². The number of carbonyl (C=O) groups excluding carboxylic acids is 3. The molecule has 2 aromatic rings. The Kier molecular flexibility index (Phi) is 7.22. The predicted molar refractivity (Wildman–Crippen MR) is 118 cm³/mol. The summed E-state index contributed by atoms with van der Waals surface area (Å²) < 4.78 is 0. The van der Waals surface area contributed by atoms with Gasteiger partial charge >= 0.3 is 0 Å². The van der Waals surface area contributed by atoms with Gasteiger partial charge in [-0.15, -0.1) is 0 Å². The number of H-pyrrole nitrogens is 1. The SMILES string of the molecule is CONC(=O)CCNCCNC(=O)c1c(C)[nH]c(/C=C2\C(=O)Nc3ccccc32)c1C. The van der Waals surface area contributed by atoms with E-state index in [0.717, 1.165) is 28.2 Å². The van der Waals surface area contributed by atoms with Crippen LogP contribution in [0.5, 0.6) is 0 Å². The number of hydrogen-bond donors (Lipinski definition) is 5. The van der Waals surface area contributed by atoms with Crippen molar-refractivity contribution in [2.24, 2.45) is 0 Å². The highest BCUT2D eigenvalue weighted by atomic mass is 16.6. The molecule has 0 saturated heterocycles. The Hall–Kier alpha value is -3.43. The Morgan fingerprint density at radius 1 is 1.13 bits per heavy atom. The molecule has 5 N–H and O–H groups in total. The zero-order valence-corrected chi connectivity index (χ0v) is 17.8. The summed E-state index contributed by atoms with van der Waals surface area (Å²) in [5, 5.41) is 8.81. The number of hydrogen-bond acceptors (Lipinski definition) is 5. The molecule has 164 valence electrons. The third-order valence-electron chi connectivity index (χ3n) is 5.03. The van der Waals surface area contributed by atoms with Crippen molar-refractivity contribution in [1.82, 2.24) is 21.1 Å². The minimum Gasteiger partial charge on any atom is -0.358 e. The second-order valence-corrected chi connectivity index (χ2v) is 7.21. The van der Waals surface area contributed by atoms with Gasteiger partial charge < -0.3 is 20.9 Å². The van der Waals surface area contributed by atoms with Gasteiger partial charge in [0.05, 0.1) is 18.2 Å². The second kappa shape index (κ2) is 10.1. The van der Waals surface area contributed by atoms with E-state index in [1.807, 2.05) is 38.1 Å². The number of nitrogens with one attached hydrogen (secondary N) is 5. The van der Waals surface area contributed by atoms with Crippen molar-refractivity contribution < 1.29 is 19.2 Å². The van der Waals surface area contributed by atoms with Crippen LogP contribution >= 0.6 is 0 Å². The molecule has 3 rings (SSSR count). The van der Waals surface area contributed by atoms with Gasteiger partial charge in [-0.3, -0.25) is 19.2 Å². The van der Waals surface area contributed by atoms with Gasteiger partial charge in [0, 0.05) is 48.7 Å². The molecule has 1 aromatic heterocycles. The molecule has 0 saturated carbocycles. The number of anilines is 1. The lowest BCUT2D eigenvalue weighted by molar-refractivity contribution is -0.131. The summed E-state index contributed by atoms with van der Waals surface area (Å²) >= 11 is 0. The lowest BCUT2D eigenvalue weighted by Crippen LogP contribution is -2.34. The summed E-state index contributed by atoms with van der Waals surface area (Å²) in [4.78, 5) is 44.1. The zero-order chi connectivity index (χ0) is 22.4. The number of aryl methyl sites for hydroxylation is 1. The number of benzene rings is 1. The minimum absolute atomic E-state index is 0.163. The molecule has 0 bridgehead atoms. The molecule has 0 spiro atoms. The Labute approximate surface area is 180 Å². The summed E-state index contributed by atoms with van der Waals surface area (Å²) in [5.74, 6) is -0.562. The van der Waals surface area contributed by atoms with Crippen LogP contribution in [-0.2, 0) is 14.4 Å². The van der Waals surface area contributed by atoms with E-state index in [9.17, 15) is 14.4 Å². The van der Waals surface area contributed by atoms with Gasteiger partial charge in [-0.1, -0.05) is 18.2 Å². The van der Waals surface area contributed by atoms with E-state index in [1.165, 1.54) is 7.11 Å². The first-order chi connectivity index (χ1) is 14.9. The Morgan fingerprint density at radius 2 is 1.90 bits per heavy atom. The van der Waals surface area contributed by atoms with Crippen LogP contribution in [0.1, 0.15) is 39.3 Å². The van der Waals surface area contributed by atoms with Crippen molar-refractivity contribution in [3.8, 4) is 0 Å². The molecule has 3 amide bonds. The number of hydroxylamine groups is 1. The standard InChI is InChI=1S/C22H27N5O4/c1-13-18(12-16-15-6-4-5-7-17(15)26-21(16)29)25-14(2)20(13)22(30)24-11-10-23-9-8-19(28)27-31-3/h4-7,12,23,25H,8-11H2,1-3H3,(H,24,30)(H,26,29)(H,27,28)/b16-12-. The number of rotatable bonds is 9. The topological polar surface area (TPSA) is 124 Å². The van der Waals surface area contributed by atoms with Crippen LogP contribution in [0.4, 0.5) is 5.69 Å². The van der Waals surface area contributed by atoms with Crippen LogP contribution in [-0.4, -0.2) is 49.4 Å². The lowest BCUT2D eigenvalue weighted by atomic mass is 10.0. The van der Waals surface area contributed by atoms with E-state index >= 15 is 0 Å². The molecule has 0 unspecified atom stereocenters. The van der Waals surface area contributed by atoms with E-state index in [2.05, 4.69) is 31.3 Å². The van der Waals surface area contributed by atoms with Gasteiger partial charge in [-0.2, -0.15) is 0 Å². The van der Waals surface area contributed by atoms with Crippen molar-refractivity contribution in [3.63, 3.8) is 0 Å². The molecule has 1 aliphatic rings. The molecule has 9 nitrogen and oxygen atoms in total. The van der Waals surface area contributed by atoms with E-state index in [0.29, 0.717) is 30.8 Å². The van der Waals surface area contributed by atoms with Crippen LogP contribution < -0.4 is 21.4 Å². The van der Waals surface area contributed by atoms with Crippen molar-refractivity contribution in [1.29, 1.82) is 0 Å². The fraction of sp³-hybridized carbons (Fsp3) is 0.318. The number of aromatic amines is 1. The van der Waals surface area contributed by atoms with E-state index in [4.69, 9.17) is 0 Å². The molecule has 0 atom stereocenters. The average molecular weight is 425 g/mol. The normalized spacial score (nSPS) is 13.8. The minimum atomic E-state index is -0.210. The molecular weight excluding hydrogens is 398 g/mol. The number of carbonyl (C=O) groups is 3. The van der Waals surface area contributed by atoms with Crippen LogP contribution in [0.15, 0.2) is 24.3 Å². The molecular formula is C22H27N5O4. The maximum Gasteiger partial charge on any atom is 0.256 e. The van der Waals surface area contributed by atoms with Crippen LogP contribution in [0.3, 0.4) is 0 Å². The van der Waals surface area contributed by atoms with Crippen molar-refractivity contribution in [3.05, 3.63) is 52.3 Å². The lowest BCUT2D eigenvalue weighted by Gasteiger charge is -2.07. The second-order valence-electron chi connectivity index (χ2n) is 7.21. The summed E-state index contributed by atoms with van der Waals surface area (Å²) in [6.45, 7) is 5.12. The van der Waals surface area contributed by atoms with Crippen LogP contribution in [0, 0.1) is 13.8 Å². The smallest absolute Gasteiger partial charge is 0.256 e. The highest BCUT2D eigenvalue weighted by Gasteiger charge is 2.25. The first-order valence-electron chi connectivity index (χ1n) is 10.0. The summed E-state index contributed by atoms with van der Waals surface area (Å²) in [7, 11) is 1.38. The summed E-state index contributed by atoms with van der Waals surface area (Å²) in [6.07, 6.45) is 2.07.